The van der Waals surface area contributed by atoms with Crippen molar-refractivity contribution in [2.24, 2.45) is 10.7 Å². The number of guanidine groups is 1. The molecule has 0 amide bonds. The summed E-state index contributed by atoms with van der Waals surface area (Å²) in [7, 11) is 1.63. The first kappa shape index (κ1) is 16.1. The number of benzene rings is 1. The van der Waals surface area contributed by atoms with E-state index >= 15 is 0 Å². The molecule has 0 aliphatic heterocycles. The summed E-state index contributed by atoms with van der Waals surface area (Å²) in [6, 6.07) is 5.78. The second kappa shape index (κ2) is 9.03. The molecule has 0 atom stereocenters. The van der Waals surface area contributed by atoms with Crippen LogP contribution in [0.1, 0.15) is 12.0 Å². The minimum absolute atomic E-state index is 0.332. The van der Waals surface area contributed by atoms with Crippen molar-refractivity contribution in [2.75, 3.05) is 19.4 Å². The van der Waals surface area contributed by atoms with Crippen LogP contribution in [0.25, 0.3) is 0 Å². The predicted octanol–water partition coefficient (Wildman–Crippen LogP) is 2.87. The molecule has 0 saturated heterocycles. The van der Waals surface area contributed by atoms with E-state index in [1.807, 2.05) is 18.2 Å². The summed E-state index contributed by atoms with van der Waals surface area (Å²) in [6.45, 7) is 1.10. The van der Waals surface area contributed by atoms with Crippen LogP contribution in [-0.4, -0.2) is 25.4 Å². The van der Waals surface area contributed by atoms with E-state index in [4.69, 9.17) is 10.5 Å². The molecule has 0 radical (unpaired) electrons. The highest BCUT2D eigenvalue weighted by atomic mass is 79.9. The van der Waals surface area contributed by atoms with Crippen LogP contribution >= 0.6 is 28.1 Å². The summed E-state index contributed by atoms with van der Waals surface area (Å²) >= 11 is 3.78. The Kier molecular flexibility index (Phi) is 7.66. The number of rotatable bonds is 7. The molecule has 0 spiro atoms. The van der Waals surface area contributed by atoms with Gasteiger partial charge in [0.15, 0.2) is 5.96 Å². The Balaban J connectivity index is 2.49. The predicted molar refractivity (Wildman–Crippen MR) is 82.2 cm³/mol. The first-order valence-corrected chi connectivity index (χ1v) is 7.46. The van der Waals surface area contributed by atoms with Crippen LogP contribution in [0.15, 0.2) is 27.7 Å². The zero-order valence-electron chi connectivity index (χ0n) is 10.7. The van der Waals surface area contributed by atoms with Crippen LogP contribution in [0.4, 0.5) is 3.89 Å². The molecule has 0 fully saturated rings. The topological polar surface area (TPSA) is 59.6 Å². The highest BCUT2D eigenvalue weighted by molar-refractivity contribution is 9.10. The number of aliphatic imine (C=N–C) groups is 1. The van der Waals surface area contributed by atoms with E-state index in [1.54, 1.807) is 7.05 Å². The van der Waals surface area contributed by atoms with Gasteiger partial charge in [0.25, 0.3) is 0 Å². The summed E-state index contributed by atoms with van der Waals surface area (Å²) in [5.74, 6) is 1.61. The maximum atomic E-state index is 11.9. The van der Waals surface area contributed by atoms with Gasteiger partial charge in [0.1, 0.15) is 5.75 Å². The van der Waals surface area contributed by atoms with E-state index in [2.05, 4.69) is 26.2 Å². The Hall–Kier alpha value is -0.950. The van der Waals surface area contributed by atoms with E-state index in [9.17, 15) is 3.89 Å². The number of nitrogens with one attached hydrogen (secondary N) is 1. The summed E-state index contributed by atoms with van der Waals surface area (Å²) in [4.78, 5) is 3.82. The second-order valence-electron chi connectivity index (χ2n) is 3.74. The lowest BCUT2D eigenvalue weighted by Gasteiger charge is -2.10. The second-order valence-corrected chi connectivity index (χ2v) is 5.22. The van der Waals surface area contributed by atoms with Crippen LogP contribution in [0, 0.1) is 0 Å². The summed E-state index contributed by atoms with van der Waals surface area (Å²) < 4.78 is 18.3. The third-order valence-corrected chi connectivity index (χ3v) is 3.40. The molecule has 0 saturated carbocycles. The molecule has 3 N–H and O–H groups in total. The highest BCUT2D eigenvalue weighted by Crippen LogP contribution is 2.26. The summed E-state index contributed by atoms with van der Waals surface area (Å²) in [5, 5.41) is 2.98. The standard InChI is InChI=1S/C12H17BrFN3OS/c1-16-12(15)17-8-9-3-4-11(10(13)7-9)18-5-2-6-19-14/h3-4,7H,2,5-6,8H2,1H3,(H3,15,16,17). The Morgan fingerprint density at radius 3 is 3.00 bits per heavy atom. The first-order chi connectivity index (χ1) is 9.17. The van der Waals surface area contributed by atoms with Crippen LogP contribution in [0.5, 0.6) is 5.75 Å². The number of nitrogens with two attached hydrogens (primary N) is 1. The van der Waals surface area contributed by atoms with Crippen LogP contribution in [0.2, 0.25) is 0 Å². The van der Waals surface area contributed by atoms with Gasteiger partial charge >= 0.3 is 0 Å². The van der Waals surface area contributed by atoms with Gasteiger partial charge in [-0.3, -0.25) is 4.99 Å². The maximum absolute atomic E-state index is 11.9. The van der Waals surface area contributed by atoms with Crippen molar-refractivity contribution >= 4 is 34.0 Å². The van der Waals surface area contributed by atoms with Gasteiger partial charge in [0.2, 0.25) is 0 Å². The molecule has 7 heteroatoms. The SMILES string of the molecule is CN=C(N)NCc1ccc(OCCCSF)c(Br)c1. The van der Waals surface area contributed by atoms with E-state index in [0.29, 0.717) is 43.4 Å². The lowest BCUT2D eigenvalue weighted by molar-refractivity contribution is 0.316. The normalized spacial score (nSPS) is 11.4. The molecule has 1 rings (SSSR count). The first-order valence-electron chi connectivity index (χ1n) is 5.78. The van der Waals surface area contributed by atoms with Crippen molar-refractivity contribution in [1.82, 2.24) is 5.32 Å². The molecule has 1 aromatic carbocycles. The Labute approximate surface area is 125 Å². The van der Waals surface area contributed by atoms with E-state index < -0.39 is 0 Å². The van der Waals surface area contributed by atoms with Gasteiger partial charge in [-0.1, -0.05) is 6.07 Å². The van der Waals surface area contributed by atoms with Crippen molar-refractivity contribution in [3.63, 3.8) is 0 Å². The fraction of sp³-hybridized carbons (Fsp3) is 0.417. The zero-order chi connectivity index (χ0) is 14.1. The molecule has 0 bridgehead atoms. The van der Waals surface area contributed by atoms with Crippen molar-refractivity contribution < 1.29 is 8.62 Å². The number of hydrogen-bond donors (Lipinski definition) is 2. The molecule has 0 aliphatic carbocycles. The van der Waals surface area contributed by atoms with Crippen LogP contribution < -0.4 is 15.8 Å². The fourth-order valence-electron chi connectivity index (χ4n) is 1.34. The summed E-state index contributed by atoms with van der Waals surface area (Å²) in [6.07, 6.45) is 0.681. The minimum Gasteiger partial charge on any atom is -0.492 e. The molecule has 1 aromatic rings. The van der Waals surface area contributed by atoms with Crippen molar-refractivity contribution in [3.8, 4) is 5.75 Å². The van der Waals surface area contributed by atoms with Gasteiger partial charge < -0.3 is 15.8 Å². The van der Waals surface area contributed by atoms with E-state index in [-0.39, 0.29) is 0 Å². The van der Waals surface area contributed by atoms with Crippen molar-refractivity contribution in [2.45, 2.75) is 13.0 Å². The molecule has 0 aliphatic rings. The minimum atomic E-state index is 0.332. The van der Waals surface area contributed by atoms with Gasteiger partial charge in [0, 0.05) is 31.5 Å². The van der Waals surface area contributed by atoms with E-state index in [1.165, 1.54) is 0 Å². The van der Waals surface area contributed by atoms with Gasteiger partial charge in [0.05, 0.1) is 11.1 Å². The average molecular weight is 350 g/mol. The quantitative estimate of drug-likeness (QED) is 0.451. The lowest BCUT2D eigenvalue weighted by Crippen LogP contribution is -2.30. The van der Waals surface area contributed by atoms with Crippen LogP contribution in [-0.2, 0) is 6.54 Å². The third kappa shape index (κ3) is 6.15. The van der Waals surface area contributed by atoms with Crippen LogP contribution in [0.3, 0.4) is 0 Å². The van der Waals surface area contributed by atoms with Crippen molar-refractivity contribution in [3.05, 3.63) is 28.2 Å². The van der Waals surface area contributed by atoms with Gasteiger partial charge in [-0.25, -0.2) is 0 Å². The Bertz CT molecular complexity index is 431. The number of hydrogen-bond acceptors (Lipinski definition) is 3. The highest BCUT2D eigenvalue weighted by Gasteiger charge is 2.03. The molecule has 0 aromatic heterocycles. The van der Waals surface area contributed by atoms with Gasteiger partial charge in [-0.05, 0) is 40.0 Å². The van der Waals surface area contributed by atoms with E-state index in [0.717, 1.165) is 15.8 Å². The maximum Gasteiger partial charge on any atom is 0.188 e. The molecule has 106 valence electrons. The fourth-order valence-corrected chi connectivity index (χ4v) is 2.11. The number of ether oxygens (including phenoxy) is 1. The van der Waals surface area contributed by atoms with Gasteiger partial charge in [-0.15, -0.1) is 0 Å². The van der Waals surface area contributed by atoms with Gasteiger partial charge in [-0.2, -0.15) is 3.89 Å². The monoisotopic (exact) mass is 349 g/mol. The molecule has 19 heavy (non-hydrogen) atoms. The third-order valence-electron chi connectivity index (χ3n) is 2.33. The smallest absolute Gasteiger partial charge is 0.188 e. The largest absolute Gasteiger partial charge is 0.492 e. The van der Waals surface area contributed by atoms with Crippen molar-refractivity contribution in [1.29, 1.82) is 0 Å². The molecule has 0 unspecified atom stereocenters. The summed E-state index contributed by atoms with van der Waals surface area (Å²) in [5.41, 5.74) is 6.61. The molecule has 4 nitrogen and oxygen atoms in total. The molecular weight excluding hydrogens is 333 g/mol. The zero-order valence-corrected chi connectivity index (χ0v) is 13.1. The average Bonchev–Trinajstić information content (AvgIpc) is 2.42. The Morgan fingerprint density at radius 1 is 1.58 bits per heavy atom. The molecular formula is C12H17BrFN3OS. The number of nitrogens with zero attached hydrogens (tertiary/aromatic N) is 1. The Morgan fingerprint density at radius 2 is 2.37 bits per heavy atom. The number of halogens is 2. The molecule has 0 heterocycles. The lowest BCUT2D eigenvalue weighted by atomic mass is 10.2.